The Bertz CT molecular complexity index is 1550. The van der Waals surface area contributed by atoms with E-state index in [2.05, 4.69) is 21.4 Å². The van der Waals surface area contributed by atoms with E-state index in [4.69, 9.17) is 21.1 Å². The van der Waals surface area contributed by atoms with Crippen LogP contribution in [0.5, 0.6) is 5.75 Å². The highest BCUT2D eigenvalue weighted by molar-refractivity contribution is 7.75. The van der Waals surface area contributed by atoms with Crippen LogP contribution in [0.1, 0.15) is 60.5 Å². The molecule has 2 aromatic rings. The van der Waals surface area contributed by atoms with Crippen LogP contribution in [0.15, 0.2) is 52.9 Å². The van der Waals surface area contributed by atoms with Crippen molar-refractivity contribution in [1.82, 2.24) is 4.90 Å². The number of carbonyl (C=O) groups excluding carboxylic acids is 2. The van der Waals surface area contributed by atoms with E-state index in [0.717, 1.165) is 55.1 Å². The summed E-state index contributed by atoms with van der Waals surface area (Å²) >= 11 is 6.42. The van der Waals surface area contributed by atoms with Crippen molar-refractivity contribution in [2.45, 2.75) is 57.0 Å². The Balaban J connectivity index is 1.42. The second-order valence-electron chi connectivity index (χ2n) is 13.2. The predicted molar refractivity (Wildman–Crippen MR) is 173 cm³/mol. The molecule has 8 nitrogen and oxygen atoms in total. The lowest BCUT2D eigenvalue weighted by Gasteiger charge is -2.46. The number of hydrogen-bond donors (Lipinski definition) is 0. The molecule has 0 aromatic heterocycles. The van der Waals surface area contributed by atoms with E-state index < -0.39 is 16.5 Å². The van der Waals surface area contributed by atoms with Gasteiger partial charge in [-0.3, -0.25) is 4.79 Å². The first-order chi connectivity index (χ1) is 21.1. The van der Waals surface area contributed by atoms with Gasteiger partial charge in [-0.05, 0) is 92.0 Å². The smallest absolute Gasteiger partial charge is 0.409 e. The predicted octanol–water partition coefficient (Wildman–Crippen LogP) is 6.79. The van der Waals surface area contributed by atoms with Crippen molar-refractivity contribution in [2.75, 3.05) is 44.4 Å². The van der Waals surface area contributed by atoms with E-state index in [-0.39, 0.29) is 41.1 Å². The number of hydrogen-bond acceptors (Lipinski definition) is 7. The molecule has 0 unspecified atom stereocenters. The normalized spacial score (nSPS) is 29.6. The molecule has 2 aliphatic carbocycles. The highest BCUT2D eigenvalue weighted by Gasteiger charge is 2.45. The number of anilines is 1. The summed E-state index contributed by atoms with van der Waals surface area (Å²) in [4.78, 5) is 29.8. The molecule has 10 heteroatoms. The summed E-state index contributed by atoms with van der Waals surface area (Å²) < 4.78 is 29.5. The van der Waals surface area contributed by atoms with Gasteiger partial charge < -0.3 is 27.8 Å². The van der Waals surface area contributed by atoms with Crippen LogP contribution < -0.4 is 9.64 Å². The minimum atomic E-state index is -1.66. The van der Waals surface area contributed by atoms with Crippen molar-refractivity contribution in [2.24, 2.45) is 22.1 Å². The van der Waals surface area contributed by atoms with Crippen molar-refractivity contribution in [3.8, 4) is 5.75 Å². The molecule has 1 saturated carbocycles. The van der Waals surface area contributed by atoms with E-state index in [1.165, 1.54) is 16.0 Å². The van der Waals surface area contributed by atoms with Crippen LogP contribution in [-0.2, 0) is 31.4 Å². The van der Waals surface area contributed by atoms with E-state index in [1.807, 2.05) is 37.3 Å². The maximum absolute atomic E-state index is 13.2. The molecule has 2 amide bonds. The van der Waals surface area contributed by atoms with Crippen LogP contribution in [-0.4, -0.2) is 62.5 Å². The van der Waals surface area contributed by atoms with Gasteiger partial charge >= 0.3 is 6.09 Å². The summed E-state index contributed by atoms with van der Waals surface area (Å²) in [7, 11) is 1.74. The van der Waals surface area contributed by atoms with Crippen LogP contribution in [0.2, 0.25) is 5.02 Å². The van der Waals surface area contributed by atoms with Gasteiger partial charge in [-0.2, -0.15) is 10.6 Å². The van der Waals surface area contributed by atoms with Gasteiger partial charge in [-0.25, -0.2) is 4.79 Å². The first-order valence-electron chi connectivity index (χ1n) is 15.6. The minimum Gasteiger partial charge on any atom is -0.490 e. The minimum absolute atomic E-state index is 0.0410. The van der Waals surface area contributed by atoms with Crippen LogP contribution in [0.25, 0.3) is 0 Å². The average molecular weight is 639 g/mol. The van der Waals surface area contributed by atoms with E-state index >= 15 is 0 Å². The van der Waals surface area contributed by atoms with Crippen LogP contribution >= 0.6 is 11.6 Å². The molecular formula is C34H41ClN3O5S-. The van der Waals surface area contributed by atoms with Crippen molar-refractivity contribution in [1.29, 1.82) is 0 Å². The van der Waals surface area contributed by atoms with Crippen molar-refractivity contribution >= 4 is 39.9 Å². The van der Waals surface area contributed by atoms with Crippen LogP contribution in [0, 0.1) is 17.8 Å². The molecule has 4 aliphatic rings. The Morgan fingerprint density at radius 1 is 1.20 bits per heavy atom. The zero-order valence-electron chi connectivity index (χ0n) is 25.7. The zero-order chi connectivity index (χ0) is 31.0. The summed E-state index contributed by atoms with van der Waals surface area (Å²) in [5.41, 5.74) is 3.54. The van der Waals surface area contributed by atoms with E-state index in [1.54, 1.807) is 20.2 Å². The lowest BCUT2D eigenvalue weighted by Crippen LogP contribution is -2.50. The second-order valence-corrected chi connectivity index (χ2v) is 14.8. The zero-order valence-corrected chi connectivity index (χ0v) is 27.2. The third-order valence-corrected chi connectivity index (χ3v) is 11.2. The van der Waals surface area contributed by atoms with Gasteiger partial charge in [-0.15, -0.1) is 0 Å². The highest BCUT2D eigenvalue weighted by Crippen LogP contribution is 2.47. The number of amides is 2. The lowest BCUT2D eigenvalue weighted by molar-refractivity contribution is 0.0140. The third-order valence-electron chi connectivity index (χ3n) is 9.72. The Hall–Kier alpha value is -3.04. The molecule has 1 spiro atoms. The second kappa shape index (κ2) is 12.8. The molecule has 0 N–H and O–H groups in total. The number of benzene rings is 2. The Morgan fingerprint density at radius 3 is 2.82 bits per heavy atom. The SMILES string of the molecule is C[C@H]1C/C=C/[C@H](OC(=O)N(C)C)[C@@H]2CC[C@H]2CN2C[C@@]3(CCCc4cc(Cl)ccc43)COc3ccc(cc32)C(=O)N=[S-](=O)C1. The standard InChI is InChI=1S/C34H41ClN3O5S/c1-22-6-4-8-30(43-33(40)37(2)3)27-12-9-25(27)18-38-20-34(15-5-7-23-16-26(35)11-13-28(23)34)21-42-31-14-10-24(17-29(31)38)32(39)36-44(41)19-22/h4,8,10-11,13-14,16-17,22,25,27,30H,5-7,9,12,15,18-21H2,1-3H3/q-1/b8-4+/t22-,25-,27+,30-,34-/m0/s1. The monoisotopic (exact) mass is 638 g/mol. The van der Waals surface area contributed by atoms with Gasteiger partial charge in [0.15, 0.2) is 0 Å². The van der Waals surface area contributed by atoms with E-state index in [9.17, 15) is 13.8 Å². The van der Waals surface area contributed by atoms with Gasteiger partial charge in [0, 0.05) is 49.1 Å². The molecule has 1 fully saturated rings. The van der Waals surface area contributed by atoms with Crippen LogP contribution in [0.3, 0.4) is 0 Å². The first kappa shape index (κ1) is 31.0. The third kappa shape index (κ3) is 6.36. The molecular weight excluding hydrogens is 598 g/mol. The van der Waals surface area contributed by atoms with E-state index in [0.29, 0.717) is 25.1 Å². The Labute approximate surface area is 266 Å². The molecule has 2 heterocycles. The number of carbonyl (C=O) groups is 2. The number of allylic oxidation sites excluding steroid dienone is 1. The molecule has 0 saturated heterocycles. The van der Waals surface area contributed by atoms with Gasteiger partial charge in [-0.1, -0.05) is 42.3 Å². The molecule has 2 aliphatic heterocycles. The van der Waals surface area contributed by atoms with Gasteiger partial charge in [0.25, 0.3) is 5.91 Å². The Morgan fingerprint density at radius 2 is 2.05 bits per heavy atom. The summed E-state index contributed by atoms with van der Waals surface area (Å²) in [6.45, 7) is 3.95. The first-order valence-corrected chi connectivity index (χ1v) is 17.3. The molecule has 5 atom stereocenters. The molecule has 44 heavy (non-hydrogen) atoms. The van der Waals surface area contributed by atoms with Crippen molar-refractivity contribution < 1.29 is 23.3 Å². The fourth-order valence-corrected chi connectivity index (χ4v) is 8.40. The maximum Gasteiger partial charge on any atom is 0.409 e. The molecule has 236 valence electrons. The summed E-state index contributed by atoms with van der Waals surface area (Å²) in [6, 6.07) is 11.6. The molecule has 2 bridgehead atoms. The Kier molecular flexibility index (Phi) is 8.98. The number of nitrogens with zero attached hydrogens (tertiary/aromatic N) is 3. The highest BCUT2D eigenvalue weighted by atomic mass is 35.5. The van der Waals surface area contributed by atoms with Crippen molar-refractivity contribution in [3.05, 3.63) is 70.3 Å². The maximum atomic E-state index is 13.2. The van der Waals surface area contributed by atoms with Gasteiger partial charge in [0.2, 0.25) is 0 Å². The number of ether oxygens (including phenoxy) is 2. The van der Waals surface area contributed by atoms with Gasteiger partial charge in [0.1, 0.15) is 11.9 Å². The largest absolute Gasteiger partial charge is 0.490 e. The lowest BCUT2D eigenvalue weighted by atomic mass is 9.68. The fraction of sp³-hybridized carbons (Fsp3) is 0.529. The number of rotatable bonds is 1. The van der Waals surface area contributed by atoms with Crippen LogP contribution in [0.4, 0.5) is 10.5 Å². The summed E-state index contributed by atoms with van der Waals surface area (Å²) in [5, 5.41) is 0.742. The quantitative estimate of drug-likeness (QED) is 0.252. The van der Waals surface area contributed by atoms with Crippen molar-refractivity contribution in [3.63, 3.8) is 0 Å². The fourth-order valence-electron chi connectivity index (χ4n) is 7.21. The topological polar surface area (TPSA) is 88.5 Å². The molecule has 6 rings (SSSR count). The average Bonchev–Trinajstić information content (AvgIpc) is 3.11. The molecule has 0 radical (unpaired) electrons. The summed E-state index contributed by atoms with van der Waals surface area (Å²) in [5.74, 6) is 0.998. The number of aryl methyl sites for hydroxylation is 1. The van der Waals surface area contributed by atoms with Gasteiger partial charge in [0.05, 0.1) is 12.3 Å². The molecule has 2 aromatic carbocycles. The number of halogens is 1. The number of fused-ring (bicyclic) bond motifs is 4. The summed E-state index contributed by atoms with van der Waals surface area (Å²) in [6.07, 6.45) is 8.93.